The molecule has 8 heteroatoms. The van der Waals surface area contributed by atoms with Gasteiger partial charge in [-0.3, -0.25) is 9.11 Å². The topological polar surface area (TPSA) is 99.0 Å². The van der Waals surface area contributed by atoms with E-state index < -0.39 is 16.7 Å². The van der Waals surface area contributed by atoms with Crippen LogP contribution in [0.2, 0.25) is 0 Å². The van der Waals surface area contributed by atoms with Crippen molar-refractivity contribution in [1.29, 1.82) is 0 Å². The smallest absolute Gasteiger partial charge is 0.331 e. The fraction of sp³-hybridized carbons (Fsp3) is 0.375. The van der Waals surface area contributed by atoms with Gasteiger partial charge >= 0.3 is 5.97 Å². The van der Waals surface area contributed by atoms with Crippen molar-refractivity contribution in [2.45, 2.75) is 61.3 Å². The molecule has 0 aromatic heterocycles. The van der Waals surface area contributed by atoms with E-state index in [1.807, 2.05) is 31.2 Å². The first kappa shape index (κ1) is 24.7. The summed E-state index contributed by atoms with van der Waals surface area (Å²) in [6.45, 7) is 4.15. The van der Waals surface area contributed by atoms with Crippen molar-refractivity contribution in [3.63, 3.8) is 0 Å². The lowest BCUT2D eigenvalue weighted by Gasteiger charge is -2.36. The minimum atomic E-state index is -3.27. The Hall–Kier alpha value is -1.97. The summed E-state index contributed by atoms with van der Waals surface area (Å²) in [7, 11) is -3.27. The summed E-state index contributed by atoms with van der Waals surface area (Å²) >= 11 is 1.57. The number of hydrogen-bond acceptors (Lipinski definition) is 6. The number of hydrogen-bond donors (Lipinski definition) is 4. The van der Waals surface area contributed by atoms with Gasteiger partial charge < -0.3 is 9.84 Å². The Bertz CT molecular complexity index is 949. The highest BCUT2D eigenvalue weighted by atomic mass is 32.3. The molecule has 0 fully saturated rings. The summed E-state index contributed by atoms with van der Waals surface area (Å²) in [5.74, 6) is 0.0857. The molecule has 174 valence electrons. The molecule has 0 aliphatic carbocycles. The van der Waals surface area contributed by atoms with Crippen LogP contribution in [-0.2, 0) is 4.79 Å². The van der Waals surface area contributed by atoms with Crippen molar-refractivity contribution >= 4 is 28.5 Å². The molecule has 0 saturated carbocycles. The van der Waals surface area contributed by atoms with Crippen LogP contribution in [0, 0.1) is 0 Å². The van der Waals surface area contributed by atoms with Crippen LogP contribution in [0.5, 0.6) is 5.75 Å². The van der Waals surface area contributed by atoms with Crippen LogP contribution in [-0.4, -0.2) is 32.0 Å². The molecule has 1 aliphatic rings. The normalized spacial score (nSPS) is 21.0. The standard InChI is InChI=1S/C24H31NO5S2/c1-3-5-11-18-14-19(17-9-7-6-8-10-17)20-15-22(31-4-2)21(30-13-12-24(26)27)16-23(20)32(28,29)25-18/h6-10,12-13,15-16,18-19,25,28-29H,3-5,11,14H2,1-2H3,(H,26,27)/b13-12+. The van der Waals surface area contributed by atoms with Gasteiger partial charge in [0.05, 0.1) is 22.1 Å². The van der Waals surface area contributed by atoms with Crippen LogP contribution in [0.4, 0.5) is 0 Å². The number of benzene rings is 2. The van der Waals surface area contributed by atoms with E-state index in [1.165, 1.54) is 0 Å². The first-order valence-corrected chi connectivity index (χ1v) is 13.4. The third kappa shape index (κ3) is 6.08. The highest BCUT2D eigenvalue weighted by Gasteiger charge is 2.34. The maximum atomic E-state index is 11.2. The van der Waals surface area contributed by atoms with Gasteiger partial charge in [0, 0.05) is 18.0 Å². The molecule has 0 spiro atoms. The number of aliphatic carboxylic acids is 1. The van der Waals surface area contributed by atoms with Crippen LogP contribution in [0.1, 0.15) is 56.6 Å². The molecule has 2 aromatic carbocycles. The number of nitrogens with one attached hydrogen (secondary N) is 1. The van der Waals surface area contributed by atoms with E-state index >= 15 is 0 Å². The summed E-state index contributed by atoms with van der Waals surface area (Å²) in [6.07, 6.45) is 5.66. The van der Waals surface area contributed by atoms with Gasteiger partial charge in [-0.05, 0) is 35.8 Å². The largest absolute Gasteiger partial charge is 0.478 e. The molecule has 6 nitrogen and oxygen atoms in total. The van der Waals surface area contributed by atoms with Crippen molar-refractivity contribution in [1.82, 2.24) is 4.72 Å². The van der Waals surface area contributed by atoms with E-state index in [4.69, 9.17) is 9.84 Å². The summed E-state index contributed by atoms with van der Waals surface area (Å²) in [5.41, 5.74) is 1.99. The van der Waals surface area contributed by atoms with Gasteiger partial charge in [-0.1, -0.05) is 57.0 Å². The van der Waals surface area contributed by atoms with Crippen LogP contribution >= 0.6 is 22.5 Å². The molecular weight excluding hydrogens is 446 g/mol. The highest BCUT2D eigenvalue weighted by Crippen LogP contribution is 2.55. The molecular formula is C24H31NO5S2. The Balaban J connectivity index is 2.14. The third-order valence-corrected chi connectivity index (χ3v) is 7.97. The molecule has 32 heavy (non-hydrogen) atoms. The van der Waals surface area contributed by atoms with E-state index in [-0.39, 0.29) is 12.0 Å². The van der Waals surface area contributed by atoms with Gasteiger partial charge in [0.1, 0.15) is 5.75 Å². The van der Waals surface area contributed by atoms with Crippen molar-refractivity contribution in [2.75, 3.05) is 5.75 Å². The number of carbonyl (C=O) groups is 1. The van der Waals surface area contributed by atoms with Crippen LogP contribution < -0.4 is 9.46 Å². The van der Waals surface area contributed by atoms with Gasteiger partial charge in [0.15, 0.2) is 0 Å². The Morgan fingerprint density at radius 2 is 2.00 bits per heavy atom. The summed E-state index contributed by atoms with van der Waals surface area (Å²) < 4.78 is 31.0. The van der Waals surface area contributed by atoms with E-state index in [9.17, 15) is 13.9 Å². The Kier molecular flexibility index (Phi) is 8.67. The lowest BCUT2D eigenvalue weighted by Crippen LogP contribution is -2.31. The summed E-state index contributed by atoms with van der Waals surface area (Å²) in [6, 6.07) is 13.7. The van der Waals surface area contributed by atoms with Gasteiger partial charge in [0.2, 0.25) is 0 Å². The number of ether oxygens (including phenoxy) is 1. The molecule has 1 heterocycles. The minimum Gasteiger partial charge on any atom is -0.478 e. The van der Waals surface area contributed by atoms with Crippen LogP contribution in [0.15, 0.2) is 64.6 Å². The predicted molar refractivity (Wildman–Crippen MR) is 131 cm³/mol. The number of unbranched alkanes of at least 4 members (excludes halogenated alkanes) is 1. The zero-order valence-electron chi connectivity index (χ0n) is 18.4. The number of carboxylic acid groups (broad SMARTS) is 1. The average Bonchev–Trinajstić information content (AvgIpc) is 2.86. The molecule has 0 radical (unpaired) electrons. The summed E-state index contributed by atoms with van der Waals surface area (Å²) in [5, 5.41) is 8.88. The number of fused-ring (bicyclic) bond motifs is 1. The lowest BCUT2D eigenvalue weighted by atomic mass is 9.85. The maximum absolute atomic E-state index is 11.2. The molecule has 2 unspecified atom stereocenters. The number of carboxylic acids is 1. The molecule has 4 N–H and O–H groups in total. The Labute approximate surface area is 195 Å². The number of rotatable bonds is 9. The van der Waals surface area contributed by atoms with Gasteiger partial charge in [-0.2, -0.15) is 0 Å². The second-order valence-corrected chi connectivity index (χ2v) is 10.8. The SMILES string of the molecule is CCCCC1CC(c2ccccc2)c2cc(SCC)c(O/C=C/C(=O)O)cc2S(O)(O)N1. The Morgan fingerprint density at radius 3 is 2.66 bits per heavy atom. The van der Waals surface area contributed by atoms with Gasteiger partial charge in [0.25, 0.3) is 0 Å². The Morgan fingerprint density at radius 1 is 1.25 bits per heavy atom. The molecule has 2 atom stereocenters. The van der Waals surface area contributed by atoms with E-state index in [2.05, 4.69) is 23.8 Å². The quantitative estimate of drug-likeness (QED) is 0.186. The van der Waals surface area contributed by atoms with E-state index in [0.717, 1.165) is 59.8 Å². The molecule has 2 aromatic rings. The number of thioether (sulfide) groups is 1. The highest BCUT2D eigenvalue weighted by molar-refractivity contribution is 8.22. The molecule has 0 amide bonds. The first-order chi connectivity index (χ1) is 15.4. The molecule has 1 aliphatic heterocycles. The predicted octanol–water partition coefficient (Wildman–Crippen LogP) is 6.48. The first-order valence-electron chi connectivity index (χ1n) is 10.8. The lowest BCUT2D eigenvalue weighted by molar-refractivity contribution is -0.131. The monoisotopic (exact) mass is 477 g/mol. The van der Waals surface area contributed by atoms with Crippen molar-refractivity contribution in [3.8, 4) is 5.75 Å². The third-order valence-electron chi connectivity index (χ3n) is 5.42. The van der Waals surface area contributed by atoms with E-state index in [0.29, 0.717) is 10.6 Å². The second-order valence-electron chi connectivity index (χ2n) is 7.73. The van der Waals surface area contributed by atoms with Crippen LogP contribution in [0.3, 0.4) is 0 Å². The zero-order chi connectivity index (χ0) is 23.1. The zero-order valence-corrected chi connectivity index (χ0v) is 20.0. The van der Waals surface area contributed by atoms with Gasteiger partial charge in [-0.15, -0.1) is 22.5 Å². The average molecular weight is 478 g/mol. The molecule has 3 rings (SSSR count). The molecule has 0 bridgehead atoms. The minimum absolute atomic E-state index is 0.00551. The van der Waals surface area contributed by atoms with Crippen molar-refractivity contribution < 1.29 is 23.7 Å². The fourth-order valence-electron chi connectivity index (χ4n) is 3.99. The van der Waals surface area contributed by atoms with Crippen LogP contribution in [0.25, 0.3) is 0 Å². The maximum Gasteiger partial charge on any atom is 0.331 e. The van der Waals surface area contributed by atoms with E-state index in [1.54, 1.807) is 17.8 Å². The van der Waals surface area contributed by atoms with Crippen molar-refractivity contribution in [2.24, 2.45) is 0 Å². The second kappa shape index (κ2) is 11.2. The van der Waals surface area contributed by atoms with Crippen molar-refractivity contribution in [3.05, 3.63) is 65.9 Å². The molecule has 0 saturated heterocycles. The van der Waals surface area contributed by atoms with Gasteiger partial charge in [-0.25, -0.2) is 9.52 Å². The summed E-state index contributed by atoms with van der Waals surface area (Å²) in [4.78, 5) is 12.1. The fourth-order valence-corrected chi connectivity index (χ4v) is 6.36.